The first-order chi connectivity index (χ1) is 12.2. The van der Waals surface area contributed by atoms with Gasteiger partial charge in [0.25, 0.3) is 0 Å². The highest BCUT2D eigenvalue weighted by atomic mass is 32.1. The summed E-state index contributed by atoms with van der Waals surface area (Å²) in [7, 11) is 0. The first kappa shape index (κ1) is 17.0. The second kappa shape index (κ2) is 7.82. The van der Waals surface area contributed by atoms with Gasteiger partial charge in [-0.15, -0.1) is 0 Å². The summed E-state index contributed by atoms with van der Waals surface area (Å²) in [4.78, 5) is 13.3. The van der Waals surface area contributed by atoms with Crippen molar-refractivity contribution in [3.8, 4) is 0 Å². The molecule has 3 aromatic rings. The number of nitrogens with zero attached hydrogens (tertiary/aromatic N) is 3. The number of aliphatic hydroxyl groups is 1. The Morgan fingerprint density at radius 1 is 1.16 bits per heavy atom. The lowest BCUT2D eigenvalue weighted by atomic mass is 10.2. The van der Waals surface area contributed by atoms with Crippen molar-refractivity contribution in [3.05, 3.63) is 48.2 Å². The zero-order valence-corrected chi connectivity index (χ0v) is 14.5. The molecule has 0 aliphatic rings. The Balaban J connectivity index is 1.83. The number of hydrogen-bond acceptors (Lipinski definition) is 6. The highest BCUT2D eigenvalue weighted by Crippen LogP contribution is 2.18. The average molecular weight is 354 g/mol. The molecule has 7 nitrogen and oxygen atoms in total. The molecule has 2 heterocycles. The number of anilines is 3. The number of nitrogens with one attached hydrogen (secondary N) is 3. The van der Waals surface area contributed by atoms with E-state index in [0.29, 0.717) is 27.9 Å². The zero-order valence-electron chi connectivity index (χ0n) is 13.7. The third-order valence-electron chi connectivity index (χ3n) is 3.37. The van der Waals surface area contributed by atoms with E-state index in [9.17, 15) is 5.11 Å². The zero-order chi connectivity index (χ0) is 17.6. The van der Waals surface area contributed by atoms with Crippen LogP contribution in [0, 0.1) is 0 Å². The van der Waals surface area contributed by atoms with E-state index in [4.69, 9.17) is 12.2 Å². The van der Waals surface area contributed by atoms with Gasteiger partial charge in [-0.05, 0) is 49.0 Å². The fraction of sp³-hybridized carbons (Fsp3) is 0.176. The second-order valence-electron chi connectivity index (χ2n) is 5.26. The molecule has 8 heteroatoms. The van der Waals surface area contributed by atoms with Crippen molar-refractivity contribution in [2.75, 3.05) is 17.2 Å². The molecule has 0 radical (unpaired) electrons. The summed E-state index contributed by atoms with van der Waals surface area (Å²) >= 11 is 5.16. The molecular weight excluding hydrogens is 336 g/mol. The van der Waals surface area contributed by atoms with Crippen LogP contribution in [-0.4, -0.2) is 31.7 Å². The quantitative estimate of drug-likeness (QED) is 0.519. The summed E-state index contributed by atoms with van der Waals surface area (Å²) in [5.74, 6) is 1.17. The van der Waals surface area contributed by atoms with Gasteiger partial charge in [0, 0.05) is 12.2 Å². The van der Waals surface area contributed by atoms with Crippen LogP contribution < -0.4 is 16.0 Å². The van der Waals surface area contributed by atoms with E-state index in [-0.39, 0.29) is 6.61 Å². The van der Waals surface area contributed by atoms with E-state index in [1.807, 2.05) is 37.3 Å². The summed E-state index contributed by atoms with van der Waals surface area (Å²) in [6, 6.07) is 11.1. The number of thiocarbonyl (C=S) groups is 1. The smallest absolute Gasteiger partial charge is 0.182 e. The van der Waals surface area contributed by atoms with E-state index in [1.54, 1.807) is 12.3 Å². The van der Waals surface area contributed by atoms with Gasteiger partial charge >= 0.3 is 0 Å². The van der Waals surface area contributed by atoms with Crippen molar-refractivity contribution in [1.29, 1.82) is 0 Å². The summed E-state index contributed by atoms with van der Waals surface area (Å²) < 4.78 is 0. The fourth-order valence-corrected chi connectivity index (χ4v) is 2.49. The third-order valence-corrected chi connectivity index (χ3v) is 3.61. The molecule has 3 rings (SSSR count). The van der Waals surface area contributed by atoms with Gasteiger partial charge in [0.2, 0.25) is 0 Å². The lowest BCUT2D eigenvalue weighted by Gasteiger charge is -2.09. The summed E-state index contributed by atoms with van der Waals surface area (Å²) in [6.07, 6.45) is 1.64. The van der Waals surface area contributed by atoms with Crippen LogP contribution in [-0.2, 0) is 6.61 Å². The predicted octanol–water partition coefficient (Wildman–Crippen LogP) is 2.57. The molecule has 1 aromatic carbocycles. The molecule has 0 saturated heterocycles. The fourth-order valence-electron chi connectivity index (χ4n) is 2.24. The lowest BCUT2D eigenvalue weighted by molar-refractivity contribution is 0.282. The molecule has 0 unspecified atom stereocenters. The standard InChI is InChI=1S/C17H18N6OS/c1-2-18-17(25)23-14-7-6-13-16(21-14)22-15(9-19-13)20-12-5-3-4-11(8-12)10-24/h3-9,24H,2,10H2,1H3,(H3,18,20,21,22,23,25). The van der Waals surface area contributed by atoms with Gasteiger partial charge in [-0.25, -0.2) is 15.0 Å². The molecule has 128 valence electrons. The largest absolute Gasteiger partial charge is 0.392 e. The summed E-state index contributed by atoms with van der Waals surface area (Å²) in [5.41, 5.74) is 2.84. The molecule has 0 fully saturated rings. The van der Waals surface area contributed by atoms with Gasteiger partial charge in [0.15, 0.2) is 16.6 Å². The molecule has 25 heavy (non-hydrogen) atoms. The lowest BCUT2D eigenvalue weighted by Crippen LogP contribution is -2.28. The first-order valence-corrected chi connectivity index (χ1v) is 8.24. The minimum atomic E-state index is -0.0127. The minimum Gasteiger partial charge on any atom is -0.392 e. The molecule has 0 aliphatic heterocycles. The Hall–Kier alpha value is -2.84. The van der Waals surface area contributed by atoms with Gasteiger partial charge in [0.1, 0.15) is 11.3 Å². The highest BCUT2D eigenvalue weighted by molar-refractivity contribution is 7.80. The van der Waals surface area contributed by atoms with Crippen molar-refractivity contribution in [2.45, 2.75) is 13.5 Å². The van der Waals surface area contributed by atoms with Crippen molar-refractivity contribution < 1.29 is 5.11 Å². The van der Waals surface area contributed by atoms with Crippen molar-refractivity contribution >= 4 is 45.8 Å². The van der Waals surface area contributed by atoms with Crippen LogP contribution in [0.15, 0.2) is 42.6 Å². The van der Waals surface area contributed by atoms with Crippen molar-refractivity contribution in [2.24, 2.45) is 0 Å². The van der Waals surface area contributed by atoms with E-state index >= 15 is 0 Å². The molecule has 0 atom stereocenters. The van der Waals surface area contributed by atoms with Gasteiger partial charge in [0.05, 0.1) is 12.8 Å². The summed E-state index contributed by atoms with van der Waals surface area (Å²) in [6.45, 7) is 2.69. The maximum atomic E-state index is 9.22. The number of fused-ring (bicyclic) bond motifs is 1. The van der Waals surface area contributed by atoms with E-state index in [1.165, 1.54) is 0 Å². The number of pyridine rings is 1. The molecule has 2 aromatic heterocycles. The Morgan fingerprint density at radius 2 is 2.00 bits per heavy atom. The maximum absolute atomic E-state index is 9.22. The monoisotopic (exact) mass is 354 g/mol. The predicted molar refractivity (Wildman–Crippen MR) is 103 cm³/mol. The van der Waals surface area contributed by atoms with Gasteiger partial charge < -0.3 is 21.1 Å². The number of aromatic nitrogens is 3. The Bertz CT molecular complexity index is 901. The maximum Gasteiger partial charge on any atom is 0.182 e. The Morgan fingerprint density at radius 3 is 2.80 bits per heavy atom. The normalized spacial score (nSPS) is 10.5. The molecule has 0 aliphatic carbocycles. The van der Waals surface area contributed by atoms with Crippen LogP contribution in [0.25, 0.3) is 11.2 Å². The number of aliphatic hydroxyl groups excluding tert-OH is 1. The third kappa shape index (κ3) is 4.37. The van der Waals surface area contributed by atoms with Crippen LogP contribution in [0.4, 0.5) is 17.3 Å². The molecule has 4 N–H and O–H groups in total. The van der Waals surface area contributed by atoms with Crippen LogP contribution in [0.2, 0.25) is 0 Å². The molecular formula is C17H18N6OS. The van der Waals surface area contributed by atoms with E-state index < -0.39 is 0 Å². The highest BCUT2D eigenvalue weighted by Gasteiger charge is 2.05. The summed E-state index contributed by atoms with van der Waals surface area (Å²) in [5, 5.41) is 18.9. The van der Waals surface area contributed by atoms with Crippen LogP contribution in [0.3, 0.4) is 0 Å². The molecule has 0 spiro atoms. The molecule has 0 saturated carbocycles. The Kier molecular flexibility index (Phi) is 5.32. The van der Waals surface area contributed by atoms with E-state index in [2.05, 4.69) is 30.9 Å². The van der Waals surface area contributed by atoms with Gasteiger partial charge in [-0.2, -0.15) is 0 Å². The van der Waals surface area contributed by atoms with E-state index in [0.717, 1.165) is 17.8 Å². The van der Waals surface area contributed by atoms with Gasteiger partial charge in [-0.3, -0.25) is 0 Å². The van der Waals surface area contributed by atoms with Crippen molar-refractivity contribution in [3.63, 3.8) is 0 Å². The molecule has 0 amide bonds. The van der Waals surface area contributed by atoms with Gasteiger partial charge in [-0.1, -0.05) is 12.1 Å². The Labute approximate surface area is 150 Å². The van der Waals surface area contributed by atoms with Crippen LogP contribution >= 0.6 is 12.2 Å². The van der Waals surface area contributed by atoms with Crippen LogP contribution in [0.5, 0.6) is 0 Å². The average Bonchev–Trinajstić information content (AvgIpc) is 2.62. The topological polar surface area (TPSA) is 95.0 Å². The SMILES string of the molecule is CCNC(=S)Nc1ccc2ncc(Nc3cccc(CO)c3)nc2n1. The second-order valence-corrected chi connectivity index (χ2v) is 5.67. The number of rotatable bonds is 5. The molecule has 0 bridgehead atoms. The minimum absolute atomic E-state index is 0.0127. The van der Waals surface area contributed by atoms with Crippen molar-refractivity contribution in [1.82, 2.24) is 20.3 Å². The number of benzene rings is 1. The number of hydrogen-bond donors (Lipinski definition) is 4. The first-order valence-electron chi connectivity index (χ1n) is 7.83. The van der Waals surface area contributed by atoms with Crippen LogP contribution in [0.1, 0.15) is 12.5 Å².